The molecule has 7 nitrogen and oxygen atoms in total. The van der Waals surface area contributed by atoms with Crippen molar-refractivity contribution in [2.45, 2.75) is 31.2 Å². The first-order valence-electron chi connectivity index (χ1n) is 10.7. The Morgan fingerprint density at radius 1 is 1.09 bits per heavy atom. The number of sulfonamides is 1. The predicted molar refractivity (Wildman–Crippen MR) is 133 cm³/mol. The van der Waals surface area contributed by atoms with Gasteiger partial charge in [0.2, 0.25) is 10.0 Å². The molecule has 176 valence electrons. The van der Waals surface area contributed by atoms with Gasteiger partial charge in [-0.1, -0.05) is 38.1 Å². The van der Waals surface area contributed by atoms with Gasteiger partial charge in [0, 0.05) is 23.6 Å². The minimum Gasteiger partial charge on any atom is -0.468 e. The normalized spacial score (nSPS) is 11.8. The molecule has 2 aromatic carbocycles. The smallest absolute Gasteiger partial charge is 0.257 e. The van der Waals surface area contributed by atoms with Crippen molar-refractivity contribution in [1.29, 1.82) is 0 Å². The van der Waals surface area contributed by atoms with E-state index >= 15 is 0 Å². The third-order valence-electron chi connectivity index (χ3n) is 5.38. The molecular formula is C25H25N3O4S2. The van der Waals surface area contributed by atoms with Crippen molar-refractivity contribution < 1.29 is 17.6 Å². The van der Waals surface area contributed by atoms with Gasteiger partial charge in [0.15, 0.2) is 5.13 Å². The molecule has 9 heteroatoms. The van der Waals surface area contributed by atoms with Crippen LogP contribution in [-0.4, -0.2) is 30.7 Å². The second kappa shape index (κ2) is 9.92. The van der Waals surface area contributed by atoms with Crippen LogP contribution in [0.1, 0.15) is 41.4 Å². The molecule has 0 aliphatic heterocycles. The van der Waals surface area contributed by atoms with Gasteiger partial charge in [-0.25, -0.2) is 13.4 Å². The number of nitrogens with one attached hydrogen (secondary N) is 1. The van der Waals surface area contributed by atoms with Crippen molar-refractivity contribution in [2.75, 3.05) is 12.4 Å². The molecule has 2 heterocycles. The van der Waals surface area contributed by atoms with E-state index in [1.54, 1.807) is 12.1 Å². The van der Waals surface area contributed by atoms with Crippen LogP contribution >= 0.6 is 11.3 Å². The Bertz CT molecular complexity index is 1360. The van der Waals surface area contributed by atoms with E-state index in [9.17, 15) is 13.2 Å². The maximum absolute atomic E-state index is 12.8. The van der Waals surface area contributed by atoms with Gasteiger partial charge in [0.25, 0.3) is 5.91 Å². The highest BCUT2D eigenvalue weighted by Crippen LogP contribution is 2.27. The number of carbonyl (C=O) groups excluding carboxylic acids is 1. The third kappa shape index (κ3) is 5.27. The molecule has 0 aliphatic carbocycles. The number of benzene rings is 2. The summed E-state index contributed by atoms with van der Waals surface area (Å²) in [7, 11) is -2.24. The first-order valence-corrected chi connectivity index (χ1v) is 13.0. The van der Waals surface area contributed by atoms with E-state index in [1.165, 1.54) is 58.8 Å². The highest BCUT2D eigenvalue weighted by molar-refractivity contribution is 7.89. The highest BCUT2D eigenvalue weighted by atomic mass is 32.2. The Kier molecular flexibility index (Phi) is 6.97. The molecule has 0 atom stereocenters. The van der Waals surface area contributed by atoms with E-state index in [4.69, 9.17) is 4.42 Å². The van der Waals surface area contributed by atoms with Gasteiger partial charge in [0.1, 0.15) is 5.76 Å². The van der Waals surface area contributed by atoms with Crippen molar-refractivity contribution in [3.63, 3.8) is 0 Å². The number of hydrogen-bond donors (Lipinski definition) is 1. The molecule has 0 fully saturated rings. The summed E-state index contributed by atoms with van der Waals surface area (Å²) >= 11 is 1.34. The number of thiazole rings is 1. The zero-order valence-corrected chi connectivity index (χ0v) is 20.7. The Labute approximate surface area is 203 Å². The molecule has 4 aromatic rings. The van der Waals surface area contributed by atoms with Crippen LogP contribution in [0.5, 0.6) is 0 Å². The maximum atomic E-state index is 12.8. The number of anilines is 1. The van der Waals surface area contributed by atoms with Gasteiger partial charge >= 0.3 is 0 Å². The van der Waals surface area contributed by atoms with Crippen LogP contribution < -0.4 is 5.32 Å². The van der Waals surface area contributed by atoms with Crippen molar-refractivity contribution in [2.24, 2.45) is 0 Å². The molecule has 4 rings (SSSR count). The molecule has 0 spiro atoms. The summed E-state index contributed by atoms with van der Waals surface area (Å²) in [4.78, 5) is 17.3. The molecule has 0 bridgehead atoms. The van der Waals surface area contributed by atoms with Crippen molar-refractivity contribution in [3.05, 3.63) is 89.2 Å². The zero-order valence-electron chi connectivity index (χ0n) is 19.1. The van der Waals surface area contributed by atoms with E-state index in [0.717, 1.165) is 11.3 Å². The minimum absolute atomic E-state index is 0.0967. The van der Waals surface area contributed by atoms with Crippen LogP contribution in [0.3, 0.4) is 0 Å². The van der Waals surface area contributed by atoms with E-state index in [0.29, 0.717) is 22.4 Å². The third-order valence-corrected chi connectivity index (χ3v) is 7.96. The quantitative estimate of drug-likeness (QED) is 0.343. The Hall–Kier alpha value is -3.27. The van der Waals surface area contributed by atoms with Crippen molar-refractivity contribution in [3.8, 4) is 11.3 Å². The molecule has 34 heavy (non-hydrogen) atoms. The second-order valence-corrected chi connectivity index (χ2v) is 11.0. The van der Waals surface area contributed by atoms with Crippen LogP contribution in [0.25, 0.3) is 11.3 Å². The van der Waals surface area contributed by atoms with Gasteiger partial charge in [-0.15, -0.1) is 11.3 Å². The first-order chi connectivity index (χ1) is 16.2. The van der Waals surface area contributed by atoms with Crippen LogP contribution in [0.15, 0.2) is 81.6 Å². The van der Waals surface area contributed by atoms with E-state index in [-0.39, 0.29) is 17.3 Å². The van der Waals surface area contributed by atoms with Crippen LogP contribution in [0, 0.1) is 0 Å². The molecule has 0 aliphatic rings. The average Bonchev–Trinajstić information content (AvgIpc) is 3.51. The average molecular weight is 496 g/mol. The SMILES string of the molecule is CC(C)c1ccc(-c2csc(NC(=O)c3ccc(S(=O)(=O)N(C)Cc4ccco4)cc3)n2)cc1. The number of aromatic nitrogens is 1. The van der Waals surface area contributed by atoms with Gasteiger partial charge in [-0.3, -0.25) is 10.1 Å². The standard InChI is InChI=1S/C25H25N3O4S2/c1-17(2)18-6-8-19(9-7-18)23-16-33-25(26-23)27-24(29)20-10-12-22(13-11-20)34(30,31)28(3)15-21-5-4-14-32-21/h4-14,16-17H,15H2,1-3H3,(H,26,27,29). The summed E-state index contributed by atoms with van der Waals surface area (Å²) in [6.45, 7) is 4.41. The van der Waals surface area contributed by atoms with E-state index in [1.807, 2.05) is 17.5 Å². The number of nitrogens with zero attached hydrogens (tertiary/aromatic N) is 2. The fourth-order valence-corrected chi connectivity index (χ4v) is 5.19. The summed E-state index contributed by atoms with van der Waals surface area (Å²) in [5.74, 6) is 0.641. The Morgan fingerprint density at radius 3 is 2.41 bits per heavy atom. The fourth-order valence-electron chi connectivity index (χ4n) is 3.34. The molecule has 1 amide bonds. The lowest BCUT2D eigenvalue weighted by molar-refractivity contribution is 0.102. The summed E-state index contributed by atoms with van der Waals surface area (Å²) in [5, 5.41) is 5.15. The summed E-state index contributed by atoms with van der Waals surface area (Å²) in [6.07, 6.45) is 1.50. The van der Waals surface area contributed by atoms with Gasteiger partial charge in [0.05, 0.1) is 23.4 Å². The Balaban J connectivity index is 1.42. The van der Waals surface area contributed by atoms with Crippen LogP contribution in [0.2, 0.25) is 0 Å². The molecule has 0 unspecified atom stereocenters. The van der Waals surface area contributed by atoms with Gasteiger partial charge < -0.3 is 4.42 Å². The monoisotopic (exact) mass is 495 g/mol. The highest BCUT2D eigenvalue weighted by Gasteiger charge is 2.22. The molecule has 0 saturated heterocycles. The fraction of sp³-hybridized carbons (Fsp3) is 0.200. The lowest BCUT2D eigenvalue weighted by Crippen LogP contribution is -2.26. The number of furan rings is 1. The number of carbonyl (C=O) groups is 1. The zero-order chi connectivity index (χ0) is 24.3. The largest absolute Gasteiger partial charge is 0.468 e. The first kappa shape index (κ1) is 23.9. The molecular weight excluding hydrogens is 470 g/mol. The van der Waals surface area contributed by atoms with Crippen molar-refractivity contribution in [1.82, 2.24) is 9.29 Å². The lowest BCUT2D eigenvalue weighted by Gasteiger charge is -2.16. The van der Waals surface area contributed by atoms with Crippen LogP contribution in [0.4, 0.5) is 5.13 Å². The summed E-state index contributed by atoms with van der Waals surface area (Å²) in [6, 6.07) is 17.5. The molecule has 0 saturated carbocycles. The summed E-state index contributed by atoms with van der Waals surface area (Å²) < 4.78 is 32.0. The number of amides is 1. The predicted octanol–water partition coefficient (Wildman–Crippen LogP) is 5.60. The minimum atomic E-state index is -3.72. The lowest BCUT2D eigenvalue weighted by atomic mass is 10.0. The van der Waals surface area contributed by atoms with E-state index in [2.05, 4.69) is 36.3 Å². The molecule has 1 N–H and O–H groups in total. The molecule has 0 radical (unpaired) electrons. The van der Waals surface area contributed by atoms with Crippen molar-refractivity contribution >= 4 is 32.4 Å². The second-order valence-electron chi connectivity index (χ2n) is 8.13. The van der Waals surface area contributed by atoms with Gasteiger partial charge in [-0.2, -0.15) is 4.31 Å². The molecule has 2 aromatic heterocycles. The number of hydrogen-bond acceptors (Lipinski definition) is 6. The number of rotatable bonds is 8. The summed E-state index contributed by atoms with van der Waals surface area (Å²) in [5.41, 5.74) is 3.36. The topological polar surface area (TPSA) is 92.5 Å². The maximum Gasteiger partial charge on any atom is 0.257 e. The Morgan fingerprint density at radius 2 is 1.79 bits per heavy atom. The van der Waals surface area contributed by atoms with Crippen LogP contribution in [-0.2, 0) is 16.6 Å². The van der Waals surface area contributed by atoms with Gasteiger partial charge in [-0.05, 0) is 47.9 Å². The van der Waals surface area contributed by atoms with E-state index < -0.39 is 10.0 Å².